The zero-order valence-corrected chi connectivity index (χ0v) is 9.77. The van der Waals surface area contributed by atoms with Crippen LogP contribution in [-0.2, 0) is 21.6 Å². The molecule has 0 aliphatic carbocycles. The summed E-state index contributed by atoms with van der Waals surface area (Å²) in [5.74, 6) is -0.675. The maximum absolute atomic E-state index is 10.2. The van der Waals surface area contributed by atoms with Crippen LogP contribution in [0.25, 0.3) is 0 Å². The molecule has 0 heterocycles. The molecular weight excluding hydrogens is 211 g/mol. The minimum atomic E-state index is -0.675. The summed E-state index contributed by atoms with van der Waals surface area (Å²) in [6.45, 7) is 6.64. The Morgan fingerprint density at radius 1 is 1.15 bits per heavy atom. The van der Waals surface area contributed by atoms with Crippen molar-refractivity contribution in [2.24, 2.45) is 5.41 Å². The van der Waals surface area contributed by atoms with Crippen molar-refractivity contribution in [3.63, 3.8) is 0 Å². The van der Waals surface area contributed by atoms with Crippen LogP contribution in [0, 0.1) is 5.41 Å². The first-order valence-corrected chi connectivity index (χ1v) is 4.63. The monoisotopic (exact) mass is 231 g/mol. The largest absolute Gasteiger partial charge is 0.481 e. The Hall–Kier alpha value is -0.0235. The first-order chi connectivity index (χ1) is 5.42. The second-order valence-corrected chi connectivity index (χ2v) is 4.52. The summed E-state index contributed by atoms with van der Waals surface area (Å²) in [5, 5.41) is 8.37. The van der Waals surface area contributed by atoms with E-state index >= 15 is 0 Å². The van der Waals surface area contributed by atoms with Gasteiger partial charge < -0.3 is 5.11 Å². The molecule has 0 aliphatic rings. The quantitative estimate of drug-likeness (QED) is 0.738. The Balaban J connectivity index is 0. The van der Waals surface area contributed by atoms with E-state index in [1.807, 2.05) is 0 Å². The van der Waals surface area contributed by atoms with E-state index in [9.17, 15) is 4.79 Å². The van der Waals surface area contributed by atoms with Crippen LogP contribution in [0.4, 0.5) is 0 Å². The minimum absolute atomic E-state index is 0. The third kappa shape index (κ3) is 14.8. The van der Waals surface area contributed by atoms with Gasteiger partial charge in [-0.1, -0.05) is 33.6 Å². The number of carbonyl (C=O) groups is 1. The molecule has 0 fully saturated rings. The summed E-state index contributed by atoms with van der Waals surface area (Å²) >= 11 is 0. The Morgan fingerprint density at radius 3 is 2.08 bits per heavy atom. The van der Waals surface area contributed by atoms with Crippen LogP contribution in [-0.4, -0.2) is 11.1 Å². The number of hydrogen-bond donors (Lipinski definition) is 1. The number of carboxylic acid groups (broad SMARTS) is 1. The summed E-state index contributed by atoms with van der Waals surface area (Å²) in [6.07, 6.45) is 4.53. The molecule has 0 aromatic rings. The molecule has 0 bridgehead atoms. The summed E-state index contributed by atoms with van der Waals surface area (Å²) in [5.41, 5.74) is 0.392. The maximum atomic E-state index is 10.2. The van der Waals surface area contributed by atoms with E-state index in [2.05, 4.69) is 20.8 Å². The molecule has 0 spiro atoms. The zero-order valence-electron chi connectivity index (χ0n) is 8.72. The van der Waals surface area contributed by atoms with Gasteiger partial charge in [-0.3, -0.25) is 4.79 Å². The van der Waals surface area contributed by atoms with Crippen molar-refractivity contribution >= 4 is 5.97 Å². The SMILES string of the molecule is CC(C)(C)CCCCCC(=O)O.[Co]. The van der Waals surface area contributed by atoms with Gasteiger partial charge in [0, 0.05) is 23.2 Å². The molecule has 0 aromatic carbocycles. The zero-order chi connectivity index (χ0) is 9.61. The van der Waals surface area contributed by atoms with Crippen molar-refractivity contribution in [1.29, 1.82) is 0 Å². The van der Waals surface area contributed by atoms with E-state index in [4.69, 9.17) is 5.11 Å². The van der Waals surface area contributed by atoms with Gasteiger partial charge in [0.1, 0.15) is 0 Å². The average Bonchev–Trinajstić information content (AvgIpc) is 1.83. The van der Waals surface area contributed by atoms with E-state index in [1.54, 1.807) is 0 Å². The summed E-state index contributed by atoms with van der Waals surface area (Å²) in [6, 6.07) is 0. The molecule has 0 amide bonds. The second-order valence-electron chi connectivity index (χ2n) is 4.52. The Labute approximate surface area is 91.3 Å². The molecule has 0 aromatic heterocycles. The molecule has 0 saturated carbocycles. The topological polar surface area (TPSA) is 37.3 Å². The Bertz CT molecular complexity index is 138. The molecular formula is C10H20CoO2. The molecule has 0 rings (SSSR count). The number of unbranched alkanes of at least 4 members (excludes halogenated alkanes) is 2. The third-order valence-electron chi connectivity index (χ3n) is 1.82. The smallest absolute Gasteiger partial charge is 0.303 e. The molecule has 81 valence electrons. The van der Waals surface area contributed by atoms with E-state index < -0.39 is 5.97 Å². The maximum Gasteiger partial charge on any atom is 0.303 e. The van der Waals surface area contributed by atoms with Gasteiger partial charge in [0.25, 0.3) is 0 Å². The molecule has 1 N–H and O–H groups in total. The van der Waals surface area contributed by atoms with Crippen molar-refractivity contribution in [3.8, 4) is 0 Å². The van der Waals surface area contributed by atoms with Crippen LogP contribution in [0.1, 0.15) is 52.9 Å². The fourth-order valence-electron chi connectivity index (χ4n) is 1.11. The molecule has 13 heavy (non-hydrogen) atoms. The van der Waals surface area contributed by atoms with Crippen molar-refractivity contribution < 1.29 is 26.7 Å². The van der Waals surface area contributed by atoms with Gasteiger partial charge in [-0.2, -0.15) is 0 Å². The predicted molar refractivity (Wildman–Crippen MR) is 50.2 cm³/mol. The standard InChI is InChI=1S/C10H20O2.Co/c1-10(2,3)8-6-4-5-7-9(11)12;/h4-8H2,1-3H3,(H,11,12);. The van der Waals surface area contributed by atoms with Gasteiger partial charge in [-0.05, 0) is 18.3 Å². The van der Waals surface area contributed by atoms with Gasteiger partial charge in [0.2, 0.25) is 0 Å². The van der Waals surface area contributed by atoms with Crippen molar-refractivity contribution in [3.05, 3.63) is 0 Å². The Morgan fingerprint density at radius 2 is 1.69 bits per heavy atom. The van der Waals surface area contributed by atoms with Crippen LogP contribution in [0.5, 0.6) is 0 Å². The Kier molecular flexibility index (Phi) is 8.78. The molecule has 0 aliphatic heterocycles. The van der Waals surface area contributed by atoms with Crippen LogP contribution in [0.3, 0.4) is 0 Å². The first kappa shape index (κ1) is 15.4. The van der Waals surface area contributed by atoms with Crippen LogP contribution in [0.2, 0.25) is 0 Å². The van der Waals surface area contributed by atoms with E-state index in [0.717, 1.165) is 19.3 Å². The molecule has 0 saturated heterocycles. The van der Waals surface area contributed by atoms with Crippen LogP contribution >= 0.6 is 0 Å². The fraction of sp³-hybridized carbons (Fsp3) is 0.900. The van der Waals surface area contributed by atoms with Gasteiger partial charge in [-0.25, -0.2) is 0 Å². The third-order valence-corrected chi connectivity index (χ3v) is 1.82. The van der Waals surface area contributed by atoms with Crippen LogP contribution < -0.4 is 0 Å². The van der Waals surface area contributed by atoms with E-state index in [0.29, 0.717) is 11.8 Å². The predicted octanol–water partition coefficient (Wildman–Crippen LogP) is 3.07. The number of rotatable bonds is 5. The summed E-state index contributed by atoms with van der Waals surface area (Å²) in [4.78, 5) is 10.2. The molecule has 2 nitrogen and oxygen atoms in total. The number of aliphatic carboxylic acids is 1. The number of hydrogen-bond acceptors (Lipinski definition) is 1. The van der Waals surface area contributed by atoms with Gasteiger partial charge in [0.05, 0.1) is 0 Å². The molecule has 1 radical (unpaired) electrons. The normalized spacial score (nSPS) is 10.7. The summed E-state index contributed by atoms with van der Waals surface area (Å²) < 4.78 is 0. The van der Waals surface area contributed by atoms with Crippen molar-refractivity contribution in [2.45, 2.75) is 52.9 Å². The van der Waals surface area contributed by atoms with Gasteiger partial charge in [-0.15, -0.1) is 0 Å². The minimum Gasteiger partial charge on any atom is -0.481 e. The average molecular weight is 231 g/mol. The molecule has 0 unspecified atom stereocenters. The van der Waals surface area contributed by atoms with Gasteiger partial charge >= 0.3 is 5.97 Å². The first-order valence-electron chi connectivity index (χ1n) is 4.63. The number of carboxylic acids is 1. The van der Waals surface area contributed by atoms with E-state index in [1.165, 1.54) is 6.42 Å². The van der Waals surface area contributed by atoms with Gasteiger partial charge in [0.15, 0.2) is 0 Å². The van der Waals surface area contributed by atoms with Crippen LogP contribution in [0.15, 0.2) is 0 Å². The van der Waals surface area contributed by atoms with Crippen molar-refractivity contribution in [1.82, 2.24) is 0 Å². The molecule has 3 heteroatoms. The molecule has 0 atom stereocenters. The fourth-order valence-corrected chi connectivity index (χ4v) is 1.11. The van der Waals surface area contributed by atoms with E-state index in [-0.39, 0.29) is 16.8 Å². The summed E-state index contributed by atoms with van der Waals surface area (Å²) in [7, 11) is 0. The second kappa shape index (κ2) is 7.39. The van der Waals surface area contributed by atoms with Crippen molar-refractivity contribution in [2.75, 3.05) is 0 Å².